The summed E-state index contributed by atoms with van der Waals surface area (Å²) >= 11 is 1.23. The molecule has 0 unspecified atom stereocenters. The molecule has 0 saturated heterocycles. The molecule has 3 aromatic carbocycles. The maximum Gasteiger partial charge on any atom is 0.275 e. The number of thiazole rings is 1. The molecule has 0 aliphatic rings. The molecule has 0 aliphatic carbocycles. The molecule has 4 aromatic rings. The Balaban J connectivity index is 1.43. The maximum absolute atomic E-state index is 12.6. The lowest BCUT2D eigenvalue weighted by Gasteiger charge is -2.07. The summed E-state index contributed by atoms with van der Waals surface area (Å²) in [6.07, 6.45) is 0.262. The minimum Gasteiger partial charge on any atom is -0.320 e. The van der Waals surface area contributed by atoms with Crippen molar-refractivity contribution in [2.24, 2.45) is 0 Å². The van der Waals surface area contributed by atoms with Crippen LogP contribution in [0.15, 0.2) is 78.2 Å². The average molecular weight is 387 g/mol. The quantitative estimate of drug-likeness (QED) is 0.520. The highest BCUT2D eigenvalue weighted by Crippen LogP contribution is 2.24. The molecule has 2 N–H and O–H groups in total. The number of rotatable bonds is 5. The number of amides is 2. The zero-order chi connectivity index (χ0) is 19.3. The third kappa shape index (κ3) is 4.07. The topological polar surface area (TPSA) is 71.1 Å². The molecule has 138 valence electrons. The maximum atomic E-state index is 12.6. The van der Waals surface area contributed by atoms with Crippen LogP contribution in [0.1, 0.15) is 16.1 Å². The number of hydrogen-bond acceptors (Lipinski definition) is 4. The summed E-state index contributed by atoms with van der Waals surface area (Å²) in [4.78, 5) is 29.0. The van der Waals surface area contributed by atoms with E-state index < -0.39 is 0 Å². The van der Waals surface area contributed by atoms with Crippen LogP contribution in [0.2, 0.25) is 0 Å². The summed E-state index contributed by atoms with van der Waals surface area (Å²) in [7, 11) is 0. The van der Waals surface area contributed by atoms with Gasteiger partial charge in [-0.3, -0.25) is 9.59 Å². The molecular formula is C22H17N3O2S. The summed E-state index contributed by atoms with van der Waals surface area (Å²) in [5.74, 6) is -0.474. The molecule has 28 heavy (non-hydrogen) atoms. The van der Waals surface area contributed by atoms with E-state index in [0.717, 1.165) is 22.0 Å². The highest BCUT2D eigenvalue weighted by Gasteiger charge is 2.14. The Labute approximate surface area is 166 Å². The molecule has 0 fully saturated rings. The molecule has 1 aromatic heterocycles. The predicted molar refractivity (Wildman–Crippen MR) is 113 cm³/mol. The van der Waals surface area contributed by atoms with Crippen molar-refractivity contribution in [2.45, 2.75) is 6.42 Å². The van der Waals surface area contributed by atoms with Gasteiger partial charge in [-0.05, 0) is 17.0 Å². The van der Waals surface area contributed by atoms with Crippen molar-refractivity contribution in [3.63, 3.8) is 0 Å². The first-order valence-electron chi connectivity index (χ1n) is 8.77. The van der Waals surface area contributed by atoms with Gasteiger partial charge in [0.25, 0.3) is 5.91 Å². The SMILES string of the molecule is O=C(Cc1ccccc1)Nc1nc(C(=O)Nc2cccc3ccccc23)cs1. The van der Waals surface area contributed by atoms with Crippen LogP contribution in [-0.4, -0.2) is 16.8 Å². The van der Waals surface area contributed by atoms with Crippen LogP contribution in [-0.2, 0) is 11.2 Å². The Kier molecular flexibility index (Phi) is 5.12. The highest BCUT2D eigenvalue weighted by molar-refractivity contribution is 7.14. The number of hydrogen-bond donors (Lipinski definition) is 2. The van der Waals surface area contributed by atoms with E-state index in [1.807, 2.05) is 72.8 Å². The summed E-state index contributed by atoms with van der Waals surface area (Å²) in [5, 5.41) is 9.70. The molecule has 0 spiro atoms. The first-order chi connectivity index (χ1) is 13.7. The summed E-state index contributed by atoms with van der Waals surface area (Å²) < 4.78 is 0. The number of carbonyl (C=O) groups excluding carboxylic acids is 2. The number of nitrogens with zero attached hydrogens (tertiary/aromatic N) is 1. The van der Waals surface area contributed by atoms with Gasteiger partial charge in [-0.2, -0.15) is 0 Å². The first-order valence-corrected chi connectivity index (χ1v) is 9.65. The fourth-order valence-corrected chi connectivity index (χ4v) is 3.61. The molecule has 2 amide bonds. The van der Waals surface area contributed by atoms with Crippen LogP contribution in [0.5, 0.6) is 0 Å². The van der Waals surface area contributed by atoms with Crippen molar-refractivity contribution in [2.75, 3.05) is 10.6 Å². The zero-order valence-corrected chi connectivity index (χ0v) is 15.7. The number of nitrogens with one attached hydrogen (secondary N) is 2. The first kappa shape index (κ1) is 17.9. The predicted octanol–water partition coefficient (Wildman–Crippen LogP) is 4.73. The van der Waals surface area contributed by atoms with Gasteiger partial charge in [-0.1, -0.05) is 66.7 Å². The zero-order valence-electron chi connectivity index (χ0n) is 14.9. The molecule has 0 atom stereocenters. The van der Waals surface area contributed by atoms with Gasteiger partial charge in [0.05, 0.1) is 6.42 Å². The highest BCUT2D eigenvalue weighted by atomic mass is 32.1. The second kappa shape index (κ2) is 8.02. The van der Waals surface area contributed by atoms with E-state index >= 15 is 0 Å². The molecule has 5 nitrogen and oxygen atoms in total. The number of aromatic nitrogens is 1. The second-order valence-electron chi connectivity index (χ2n) is 6.23. The molecular weight excluding hydrogens is 370 g/mol. The van der Waals surface area contributed by atoms with Crippen molar-refractivity contribution in [3.05, 3.63) is 89.4 Å². The van der Waals surface area contributed by atoms with Gasteiger partial charge in [0, 0.05) is 16.5 Å². The summed E-state index contributed by atoms with van der Waals surface area (Å²) in [6, 6.07) is 23.1. The second-order valence-corrected chi connectivity index (χ2v) is 7.09. The lowest BCUT2D eigenvalue weighted by molar-refractivity contribution is -0.115. The Hall–Kier alpha value is -3.51. The van der Waals surface area contributed by atoms with Gasteiger partial charge in [0.2, 0.25) is 5.91 Å². The van der Waals surface area contributed by atoms with E-state index in [9.17, 15) is 9.59 Å². The summed E-state index contributed by atoms with van der Waals surface area (Å²) in [5.41, 5.74) is 1.92. The van der Waals surface area contributed by atoms with Crippen molar-refractivity contribution in [3.8, 4) is 0 Å². The van der Waals surface area contributed by atoms with Gasteiger partial charge in [0.1, 0.15) is 5.69 Å². The van der Waals surface area contributed by atoms with Crippen LogP contribution in [0.25, 0.3) is 10.8 Å². The molecule has 0 saturated carbocycles. The van der Waals surface area contributed by atoms with Gasteiger partial charge >= 0.3 is 0 Å². The number of carbonyl (C=O) groups is 2. The Morgan fingerprint density at radius 2 is 1.61 bits per heavy atom. The standard InChI is InChI=1S/C22H17N3O2S/c26-20(13-15-7-2-1-3-8-15)25-22-24-19(14-28-22)21(27)23-18-12-6-10-16-9-4-5-11-17(16)18/h1-12,14H,13H2,(H,23,27)(H,24,25,26). The molecule has 6 heteroatoms. The van der Waals surface area contributed by atoms with Gasteiger partial charge in [-0.25, -0.2) is 4.98 Å². The van der Waals surface area contributed by atoms with E-state index in [4.69, 9.17) is 0 Å². The van der Waals surface area contributed by atoms with Gasteiger partial charge in [-0.15, -0.1) is 11.3 Å². The molecule has 0 aliphatic heterocycles. The Morgan fingerprint density at radius 3 is 2.46 bits per heavy atom. The van der Waals surface area contributed by atoms with E-state index in [-0.39, 0.29) is 23.9 Å². The lowest BCUT2D eigenvalue weighted by atomic mass is 10.1. The van der Waals surface area contributed by atoms with Crippen LogP contribution in [0, 0.1) is 0 Å². The van der Waals surface area contributed by atoms with Crippen molar-refractivity contribution in [1.82, 2.24) is 4.98 Å². The van der Waals surface area contributed by atoms with Crippen molar-refractivity contribution >= 4 is 44.7 Å². The van der Waals surface area contributed by atoms with Crippen LogP contribution >= 0.6 is 11.3 Å². The Bertz CT molecular complexity index is 1130. The fraction of sp³-hybridized carbons (Fsp3) is 0.0455. The third-order valence-electron chi connectivity index (χ3n) is 4.23. The number of anilines is 2. The minimum atomic E-state index is -0.309. The minimum absolute atomic E-state index is 0.165. The van der Waals surface area contributed by atoms with E-state index in [1.165, 1.54) is 11.3 Å². The van der Waals surface area contributed by atoms with Crippen molar-refractivity contribution < 1.29 is 9.59 Å². The average Bonchev–Trinajstić information content (AvgIpc) is 3.17. The summed E-state index contributed by atoms with van der Waals surface area (Å²) in [6.45, 7) is 0. The molecule has 4 rings (SSSR count). The molecule has 0 radical (unpaired) electrons. The normalized spacial score (nSPS) is 10.6. The third-order valence-corrected chi connectivity index (χ3v) is 4.99. The van der Waals surface area contributed by atoms with E-state index in [1.54, 1.807) is 5.38 Å². The van der Waals surface area contributed by atoms with Crippen LogP contribution in [0.3, 0.4) is 0 Å². The van der Waals surface area contributed by atoms with Crippen LogP contribution in [0.4, 0.5) is 10.8 Å². The monoisotopic (exact) mass is 387 g/mol. The Morgan fingerprint density at radius 1 is 0.857 bits per heavy atom. The smallest absolute Gasteiger partial charge is 0.275 e. The number of fused-ring (bicyclic) bond motifs is 1. The van der Waals surface area contributed by atoms with Gasteiger partial charge in [0.15, 0.2) is 5.13 Å². The number of benzene rings is 3. The van der Waals surface area contributed by atoms with Crippen LogP contribution < -0.4 is 10.6 Å². The van der Waals surface area contributed by atoms with Crippen molar-refractivity contribution in [1.29, 1.82) is 0 Å². The lowest BCUT2D eigenvalue weighted by Crippen LogP contribution is -2.15. The molecule has 1 heterocycles. The fourth-order valence-electron chi connectivity index (χ4n) is 2.90. The van der Waals surface area contributed by atoms with E-state index in [2.05, 4.69) is 15.6 Å². The molecule has 0 bridgehead atoms. The van der Waals surface area contributed by atoms with Gasteiger partial charge < -0.3 is 10.6 Å². The van der Waals surface area contributed by atoms with E-state index in [0.29, 0.717) is 5.13 Å². The largest absolute Gasteiger partial charge is 0.320 e.